The first-order valence-electron chi connectivity index (χ1n) is 9.82. The van der Waals surface area contributed by atoms with E-state index in [1.165, 1.54) is 43.6 Å². The summed E-state index contributed by atoms with van der Waals surface area (Å²) < 4.78 is 24.1. The van der Waals surface area contributed by atoms with Crippen molar-refractivity contribution in [1.29, 1.82) is 0 Å². The van der Waals surface area contributed by atoms with Crippen LogP contribution in [0.4, 0.5) is 4.39 Å². The highest BCUT2D eigenvalue weighted by Crippen LogP contribution is 2.32. The number of hydrogen-bond acceptors (Lipinski definition) is 7. The SMILES string of the molecule is COc1cc(C(=O)N2CCC(/C(N)=C/C=C(N)N)CC2)ncc1Oc1ccc(F)cc1. The van der Waals surface area contributed by atoms with Gasteiger partial charge in [0.15, 0.2) is 11.5 Å². The van der Waals surface area contributed by atoms with Gasteiger partial charge in [0, 0.05) is 30.8 Å². The number of amides is 1. The molecule has 0 spiro atoms. The zero-order valence-corrected chi connectivity index (χ0v) is 17.3. The van der Waals surface area contributed by atoms with Crippen LogP contribution in [0.1, 0.15) is 23.3 Å². The molecule has 1 aromatic carbocycles. The van der Waals surface area contributed by atoms with Crippen LogP contribution in [-0.2, 0) is 0 Å². The number of halogens is 1. The summed E-state index contributed by atoms with van der Waals surface area (Å²) in [5, 5.41) is 0. The van der Waals surface area contributed by atoms with E-state index in [4.69, 9.17) is 26.7 Å². The van der Waals surface area contributed by atoms with E-state index in [2.05, 4.69) is 4.98 Å². The molecule has 0 bridgehead atoms. The topological polar surface area (TPSA) is 130 Å². The molecule has 1 aromatic heterocycles. The fraction of sp³-hybridized carbons (Fsp3) is 0.273. The lowest BCUT2D eigenvalue weighted by atomic mass is 9.93. The first kappa shape index (κ1) is 21.9. The number of carbonyl (C=O) groups excluding carboxylic acids is 1. The highest BCUT2D eigenvalue weighted by molar-refractivity contribution is 5.93. The molecular formula is C22H26FN5O3. The molecule has 31 heavy (non-hydrogen) atoms. The van der Waals surface area contributed by atoms with E-state index < -0.39 is 0 Å². The highest BCUT2D eigenvalue weighted by atomic mass is 19.1. The number of nitrogens with zero attached hydrogens (tertiary/aromatic N) is 2. The third-order valence-corrected chi connectivity index (χ3v) is 5.03. The molecule has 0 radical (unpaired) electrons. The Balaban J connectivity index is 1.66. The lowest BCUT2D eigenvalue weighted by molar-refractivity contribution is 0.0695. The second-order valence-corrected chi connectivity index (χ2v) is 7.18. The predicted molar refractivity (Wildman–Crippen MR) is 115 cm³/mol. The van der Waals surface area contributed by atoms with Crippen LogP contribution >= 0.6 is 0 Å². The molecule has 0 saturated carbocycles. The number of nitrogens with two attached hydrogens (primary N) is 3. The minimum Gasteiger partial charge on any atom is -0.493 e. The number of likely N-dealkylation sites (tertiary alicyclic amines) is 1. The van der Waals surface area contributed by atoms with E-state index in [0.29, 0.717) is 36.0 Å². The maximum absolute atomic E-state index is 13.1. The van der Waals surface area contributed by atoms with E-state index in [9.17, 15) is 9.18 Å². The second kappa shape index (κ2) is 9.84. The average Bonchev–Trinajstić information content (AvgIpc) is 2.78. The van der Waals surface area contributed by atoms with Gasteiger partial charge in [0.05, 0.1) is 19.1 Å². The molecule has 1 amide bonds. The Kier molecular flexibility index (Phi) is 6.96. The highest BCUT2D eigenvalue weighted by Gasteiger charge is 2.26. The molecule has 8 nitrogen and oxygen atoms in total. The number of methoxy groups -OCH3 is 1. The molecular weight excluding hydrogens is 401 g/mol. The molecule has 2 heterocycles. The monoisotopic (exact) mass is 427 g/mol. The van der Waals surface area contributed by atoms with Gasteiger partial charge in [0.1, 0.15) is 17.3 Å². The molecule has 1 fully saturated rings. The summed E-state index contributed by atoms with van der Waals surface area (Å²) in [4.78, 5) is 18.9. The van der Waals surface area contributed by atoms with E-state index in [1.54, 1.807) is 17.1 Å². The summed E-state index contributed by atoms with van der Waals surface area (Å²) in [5.41, 5.74) is 17.9. The van der Waals surface area contributed by atoms with E-state index in [1.807, 2.05) is 0 Å². The Hall–Kier alpha value is -3.75. The fourth-order valence-electron chi connectivity index (χ4n) is 3.31. The van der Waals surface area contributed by atoms with Gasteiger partial charge in [0.2, 0.25) is 0 Å². The summed E-state index contributed by atoms with van der Waals surface area (Å²) in [6.45, 7) is 1.11. The number of pyridine rings is 1. The summed E-state index contributed by atoms with van der Waals surface area (Å²) in [7, 11) is 1.48. The van der Waals surface area contributed by atoms with Crippen molar-refractivity contribution >= 4 is 5.91 Å². The van der Waals surface area contributed by atoms with Gasteiger partial charge in [-0.15, -0.1) is 0 Å². The van der Waals surface area contributed by atoms with Crippen molar-refractivity contribution in [3.8, 4) is 17.2 Å². The largest absolute Gasteiger partial charge is 0.493 e. The number of carbonyl (C=O) groups is 1. The average molecular weight is 427 g/mol. The first-order chi connectivity index (χ1) is 14.9. The zero-order valence-electron chi connectivity index (χ0n) is 17.3. The van der Waals surface area contributed by atoms with E-state index in [0.717, 1.165) is 12.8 Å². The van der Waals surface area contributed by atoms with Crippen molar-refractivity contribution in [3.63, 3.8) is 0 Å². The molecule has 9 heteroatoms. The summed E-state index contributed by atoms with van der Waals surface area (Å²) >= 11 is 0. The lowest BCUT2D eigenvalue weighted by Gasteiger charge is -2.32. The van der Waals surface area contributed by atoms with E-state index in [-0.39, 0.29) is 29.2 Å². The Morgan fingerprint density at radius 1 is 1.13 bits per heavy atom. The molecule has 0 unspecified atom stereocenters. The number of piperidine rings is 1. The van der Waals surface area contributed by atoms with Gasteiger partial charge in [0.25, 0.3) is 5.91 Å². The van der Waals surface area contributed by atoms with Crippen LogP contribution in [0.2, 0.25) is 0 Å². The van der Waals surface area contributed by atoms with Crippen LogP contribution in [0.15, 0.2) is 60.2 Å². The number of hydrogen-bond donors (Lipinski definition) is 3. The normalized spacial score (nSPS) is 14.8. The van der Waals surface area contributed by atoms with Crippen molar-refractivity contribution in [3.05, 3.63) is 71.7 Å². The minimum absolute atomic E-state index is 0.161. The number of aromatic nitrogens is 1. The lowest BCUT2D eigenvalue weighted by Crippen LogP contribution is -2.39. The first-order valence-corrected chi connectivity index (χ1v) is 9.82. The number of benzene rings is 1. The quantitative estimate of drug-likeness (QED) is 0.604. The van der Waals surface area contributed by atoms with Crippen molar-refractivity contribution in [2.75, 3.05) is 20.2 Å². The van der Waals surface area contributed by atoms with Crippen LogP contribution in [0.3, 0.4) is 0 Å². The zero-order chi connectivity index (χ0) is 22.4. The number of rotatable bonds is 6. The molecule has 3 rings (SSSR count). The van der Waals surface area contributed by atoms with Crippen LogP contribution < -0.4 is 26.7 Å². The maximum Gasteiger partial charge on any atom is 0.272 e. The molecule has 1 aliphatic heterocycles. The van der Waals surface area contributed by atoms with Crippen LogP contribution in [0.5, 0.6) is 17.2 Å². The van der Waals surface area contributed by atoms with Crippen LogP contribution in [-0.4, -0.2) is 36.0 Å². The van der Waals surface area contributed by atoms with Crippen LogP contribution in [0.25, 0.3) is 0 Å². The van der Waals surface area contributed by atoms with Crippen LogP contribution in [0, 0.1) is 11.7 Å². The molecule has 1 saturated heterocycles. The Morgan fingerprint density at radius 3 is 2.42 bits per heavy atom. The second-order valence-electron chi connectivity index (χ2n) is 7.18. The van der Waals surface area contributed by atoms with Gasteiger partial charge >= 0.3 is 0 Å². The third kappa shape index (κ3) is 5.65. The van der Waals surface area contributed by atoms with Gasteiger partial charge in [-0.25, -0.2) is 9.37 Å². The Bertz CT molecular complexity index is 979. The third-order valence-electron chi connectivity index (χ3n) is 5.03. The molecule has 2 aromatic rings. The maximum atomic E-state index is 13.1. The molecule has 0 atom stereocenters. The van der Waals surface area contributed by atoms with Gasteiger partial charge in [-0.3, -0.25) is 4.79 Å². The van der Waals surface area contributed by atoms with Crippen molar-refractivity contribution in [1.82, 2.24) is 9.88 Å². The molecule has 1 aliphatic rings. The molecule has 0 aliphatic carbocycles. The van der Waals surface area contributed by atoms with Gasteiger partial charge in [-0.05, 0) is 49.3 Å². The summed E-state index contributed by atoms with van der Waals surface area (Å²) in [6, 6.07) is 7.11. The molecule has 164 valence electrons. The Morgan fingerprint density at radius 2 is 1.81 bits per heavy atom. The molecule has 6 N–H and O–H groups in total. The minimum atomic E-state index is -0.362. The smallest absolute Gasteiger partial charge is 0.272 e. The summed E-state index contributed by atoms with van der Waals surface area (Å²) in [5.74, 6) is 0.916. The number of ether oxygens (including phenoxy) is 2. The van der Waals surface area contributed by atoms with E-state index >= 15 is 0 Å². The number of allylic oxidation sites excluding steroid dienone is 3. The standard InChI is InChI=1S/C22H26FN5O3/c1-30-19-12-18(27-13-20(19)31-16-4-2-15(23)3-5-16)22(29)28-10-8-14(9-11-28)17(24)6-7-21(25)26/h2-7,12-14H,8-11,24-26H2,1H3/b17-6-. The Labute approximate surface area is 180 Å². The van der Waals surface area contributed by atoms with Crippen molar-refractivity contribution < 1.29 is 18.7 Å². The van der Waals surface area contributed by atoms with Gasteiger partial charge in [-0.1, -0.05) is 0 Å². The van der Waals surface area contributed by atoms with Crippen molar-refractivity contribution in [2.24, 2.45) is 23.1 Å². The fourth-order valence-corrected chi connectivity index (χ4v) is 3.31. The van der Waals surface area contributed by atoms with Gasteiger partial charge < -0.3 is 31.6 Å². The van der Waals surface area contributed by atoms with Gasteiger partial charge in [-0.2, -0.15) is 0 Å². The van der Waals surface area contributed by atoms with Crippen molar-refractivity contribution in [2.45, 2.75) is 12.8 Å². The predicted octanol–water partition coefficient (Wildman–Crippen LogP) is 2.48. The summed E-state index contributed by atoms with van der Waals surface area (Å²) in [6.07, 6.45) is 6.17.